The fraction of sp³-hybridized carbons (Fsp3) is 0.368. The van der Waals surface area contributed by atoms with E-state index in [0.717, 1.165) is 6.42 Å². The molecule has 2 aromatic rings. The number of fused-ring (bicyclic) bond motifs is 5. The van der Waals surface area contributed by atoms with Crippen molar-refractivity contribution in [3.8, 4) is 11.1 Å². The van der Waals surface area contributed by atoms with E-state index in [0.29, 0.717) is 0 Å². The smallest absolute Gasteiger partial charge is 0.00105 e. The molecule has 0 saturated heterocycles. The molecule has 2 aliphatic rings. The quantitative estimate of drug-likeness (QED) is 0.538. The standard InChI is InChI=1S/C19H20/c1-12-9-15-11-19-16-6-4-3-5-14(16)7-8-17(19)18(15)10-13(12)2/h7-10H,3-6,11H2,1-2H3. The van der Waals surface area contributed by atoms with Crippen molar-refractivity contribution >= 4 is 0 Å². The first-order valence-corrected chi connectivity index (χ1v) is 7.48. The summed E-state index contributed by atoms with van der Waals surface area (Å²) >= 11 is 0. The summed E-state index contributed by atoms with van der Waals surface area (Å²) in [5, 5.41) is 0. The predicted octanol–water partition coefficient (Wildman–Crippen LogP) is 4.75. The van der Waals surface area contributed by atoms with Gasteiger partial charge in [-0.05, 0) is 90.5 Å². The Morgan fingerprint density at radius 3 is 2.42 bits per heavy atom. The molecule has 0 fully saturated rings. The molecule has 4 rings (SSSR count). The first-order chi connectivity index (χ1) is 9.24. The van der Waals surface area contributed by atoms with Gasteiger partial charge in [0, 0.05) is 0 Å². The van der Waals surface area contributed by atoms with Gasteiger partial charge in [-0.3, -0.25) is 0 Å². The highest BCUT2D eigenvalue weighted by molar-refractivity contribution is 5.79. The molecular weight excluding hydrogens is 228 g/mol. The van der Waals surface area contributed by atoms with E-state index in [4.69, 9.17) is 0 Å². The van der Waals surface area contributed by atoms with E-state index >= 15 is 0 Å². The average Bonchev–Trinajstić information content (AvgIpc) is 2.77. The number of hydrogen-bond acceptors (Lipinski definition) is 0. The van der Waals surface area contributed by atoms with Crippen LogP contribution in [0.1, 0.15) is 46.2 Å². The molecule has 0 radical (unpaired) electrons. The monoisotopic (exact) mass is 248 g/mol. The third-order valence-electron chi connectivity index (χ3n) is 5.03. The topological polar surface area (TPSA) is 0 Å². The van der Waals surface area contributed by atoms with Gasteiger partial charge in [-0.1, -0.05) is 24.3 Å². The van der Waals surface area contributed by atoms with E-state index in [-0.39, 0.29) is 0 Å². The Morgan fingerprint density at radius 2 is 1.53 bits per heavy atom. The largest absolute Gasteiger partial charge is 0.0581 e. The summed E-state index contributed by atoms with van der Waals surface area (Å²) in [5.41, 5.74) is 12.3. The highest BCUT2D eigenvalue weighted by atomic mass is 14.3. The van der Waals surface area contributed by atoms with Crippen LogP contribution >= 0.6 is 0 Å². The summed E-state index contributed by atoms with van der Waals surface area (Å²) < 4.78 is 0. The summed E-state index contributed by atoms with van der Waals surface area (Å²) in [5.74, 6) is 0. The molecule has 0 bridgehead atoms. The number of hydrogen-bond donors (Lipinski definition) is 0. The van der Waals surface area contributed by atoms with Gasteiger partial charge in [-0.2, -0.15) is 0 Å². The van der Waals surface area contributed by atoms with Crippen molar-refractivity contribution < 1.29 is 0 Å². The molecule has 2 aliphatic carbocycles. The minimum Gasteiger partial charge on any atom is -0.0581 e. The van der Waals surface area contributed by atoms with Crippen LogP contribution in [0.25, 0.3) is 11.1 Å². The van der Waals surface area contributed by atoms with Gasteiger partial charge < -0.3 is 0 Å². The number of rotatable bonds is 0. The van der Waals surface area contributed by atoms with Crippen molar-refractivity contribution in [2.24, 2.45) is 0 Å². The van der Waals surface area contributed by atoms with Crippen LogP contribution in [0.5, 0.6) is 0 Å². The molecule has 0 heterocycles. The van der Waals surface area contributed by atoms with E-state index in [1.807, 2.05) is 0 Å². The molecule has 0 amide bonds. The minimum atomic E-state index is 1.16. The van der Waals surface area contributed by atoms with Crippen LogP contribution in [0.3, 0.4) is 0 Å². The molecule has 0 N–H and O–H groups in total. The van der Waals surface area contributed by atoms with E-state index < -0.39 is 0 Å². The Morgan fingerprint density at radius 1 is 0.737 bits per heavy atom. The molecule has 0 aromatic heterocycles. The maximum atomic E-state index is 2.40. The third kappa shape index (κ3) is 1.59. The van der Waals surface area contributed by atoms with E-state index in [1.54, 1.807) is 16.7 Å². The Kier molecular flexibility index (Phi) is 2.35. The highest BCUT2D eigenvalue weighted by Gasteiger charge is 2.24. The lowest BCUT2D eigenvalue weighted by Crippen LogP contribution is -2.05. The third-order valence-corrected chi connectivity index (χ3v) is 5.03. The number of aryl methyl sites for hydroxylation is 3. The zero-order valence-electron chi connectivity index (χ0n) is 11.8. The zero-order chi connectivity index (χ0) is 13.0. The van der Waals surface area contributed by atoms with Crippen LogP contribution in [0, 0.1) is 13.8 Å². The van der Waals surface area contributed by atoms with Gasteiger partial charge in [-0.15, -0.1) is 0 Å². The first kappa shape index (κ1) is 11.3. The van der Waals surface area contributed by atoms with Crippen molar-refractivity contribution in [1.82, 2.24) is 0 Å². The molecule has 0 atom stereocenters. The van der Waals surface area contributed by atoms with Crippen LogP contribution in [0.15, 0.2) is 24.3 Å². The molecule has 0 spiro atoms. The summed E-state index contributed by atoms with van der Waals surface area (Å²) in [6.07, 6.45) is 6.49. The van der Waals surface area contributed by atoms with Crippen molar-refractivity contribution in [3.05, 3.63) is 57.6 Å². The lowest BCUT2D eigenvalue weighted by atomic mass is 9.86. The van der Waals surface area contributed by atoms with Crippen LogP contribution in [0.4, 0.5) is 0 Å². The van der Waals surface area contributed by atoms with Gasteiger partial charge >= 0.3 is 0 Å². The molecular formula is C19H20. The molecule has 0 nitrogen and oxygen atoms in total. The summed E-state index contributed by atoms with van der Waals surface area (Å²) in [4.78, 5) is 0. The fourth-order valence-corrected chi connectivity index (χ4v) is 3.82. The summed E-state index contributed by atoms with van der Waals surface area (Å²) in [7, 11) is 0. The second-order valence-corrected chi connectivity index (χ2v) is 6.21. The van der Waals surface area contributed by atoms with Crippen molar-refractivity contribution in [2.45, 2.75) is 46.0 Å². The van der Waals surface area contributed by atoms with E-state index in [1.165, 1.54) is 53.5 Å². The molecule has 0 unspecified atom stereocenters. The van der Waals surface area contributed by atoms with Gasteiger partial charge in [0.25, 0.3) is 0 Å². The average molecular weight is 248 g/mol. The Labute approximate surface area is 115 Å². The van der Waals surface area contributed by atoms with Crippen molar-refractivity contribution in [2.75, 3.05) is 0 Å². The Hall–Kier alpha value is -1.56. The SMILES string of the molecule is Cc1cc2c(cc1C)-c1ccc3c(c1C2)CCCC3. The lowest BCUT2D eigenvalue weighted by molar-refractivity contribution is 0.681. The van der Waals surface area contributed by atoms with Gasteiger partial charge in [0.05, 0.1) is 0 Å². The highest BCUT2D eigenvalue weighted by Crippen LogP contribution is 2.42. The predicted molar refractivity (Wildman–Crippen MR) is 80.8 cm³/mol. The zero-order valence-corrected chi connectivity index (χ0v) is 11.8. The van der Waals surface area contributed by atoms with Crippen LogP contribution in [0.2, 0.25) is 0 Å². The van der Waals surface area contributed by atoms with Crippen LogP contribution in [-0.2, 0) is 19.3 Å². The maximum absolute atomic E-state index is 2.40. The van der Waals surface area contributed by atoms with Gasteiger partial charge in [0.2, 0.25) is 0 Å². The van der Waals surface area contributed by atoms with Crippen LogP contribution < -0.4 is 0 Å². The Balaban J connectivity index is 1.94. The molecule has 19 heavy (non-hydrogen) atoms. The van der Waals surface area contributed by atoms with Crippen LogP contribution in [-0.4, -0.2) is 0 Å². The second kappa shape index (κ2) is 3.96. The van der Waals surface area contributed by atoms with Crippen molar-refractivity contribution in [1.29, 1.82) is 0 Å². The molecule has 2 aromatic carbocycles. The second-order valence-electron chi connectivity index (χ2n) is 6.21. The first-order valence-electron chi connectivity index (χ1n) is 7.48. The summed E-state index contributed by atoms with van der Waals surface area (Å²) in [6.45, 7) is 4.46. The molecule has 0 aliphatic heterocycles. The van der Waals surface area contributed by atoms with E-state index in [2.05, 4.69) is 38.1 Å². The molecule has 0 saturated carbocycles. The summed E-state index contributed by atoms with van der Waals surface area (Å²) in [6, 6.07) is 9.56. The van der Waals surface area contributed by atoms with Gasteiger partial charge in [0.1, 0.15) is 0 Å². The van der Waals surface area contributed by atoms with Gasteiger partial charge in [-0.25, -0.2) is 0 Å². The molecule has 96 valence electrons. The lowest BCUT2D eigenvalue weighted by Gasteiger charge is -2.19. The van der Waals surface area contributed by atoms with E-state index in [9.17, 15) is 0 Å². The normalized spacial score (nSPS) is 15.9. The minimum absolute atomic E-state index is 1.16. The maximum Gasteiger partial charge on any atom is -0.00105 e. The molecule has 0 heteroatoms. The van der Waals surface area contributed by atoms with Crippen molar-refractivity contribution in [3.63, 3.8) is 0 Å². The Bertz CT molecular complexity index is 677. The number of benzene rings is 2. The van der Waals surface area contributed by atoms with Gasteiger partial charge in [0.15, 0.2) is 0 Å². The fourth-order valence-electron chi connectivity index (χ4n) is 3.82.